The van der Waals surface area contributed by atoms with Gasteiger partial charge in [-0.25, -0.2) is 0 Å². The first-order valence-corrected chi connectivity index (χ1v) is 7.87. The largest absolute Gasteiger partial charge is 0.375 e. The van der Waals surface area contributed by atoms with Gasteiger partial charge in [0.05, 0.1) is 12.8 Å². The van der Waals surface area contributed by atoms with Gasteiger partial charge in [0.15, 0.2) is 0 Å². The van der Waals surface area contributed by atoms with Gasteiger partial charge in [-0.2, -0.15) is 0 Å². The first kappa shape index (κ1) is 17.1. The van der Waals surface area contributed by atoms with E-state index in [4.69, 9.17) is 9.68 Å². The second kappa shape index (κ2) is 8.42. The average Bonchev–Trinajstić information content (AvgIpc) is 2.50. The van der Waals surface area contributed by atoms with Crippen LogP contribution in [-0.4, -0.2) is 57.8 Å². The van der Waals surface area contributed by atoms with Crippen molar-refractivity contribution in [3.05, 3.63) is 0 Å². The van der Waals surface area contributed by atoms with Gasteiger partial charge >= 0.3 is 11.9 Å². The number of hydrogen-bond acceptors (Lipinski definition) is 8. The van der Waals surface area contributed by atoms with Crippen LogP contribution in [0.2, 0.25) is 0 Å². The Bertz CT molecular complexity index is 356. The molecule has 0 saturated carbocycles. The molecule has 126 valence electrons. The molecule has 8 nitrogen and oxygen atoms in total. The van der Waals surface area contributed by atoms with Gasteiger partial charge in [-0.05, 0) is 38.5 Å². The number of carbonyl (C=O) groups excluding carboxylic acids is 2. The van der Waals surface area contributed by atoms with Gasteiger partial charge in [0.25, 0.3) is 0 Å². The first-order valence-electron chi connectivity index (χ1n) is 7.87. The Balaban J connectivity index is 1.65. The number of rotatable bonds is 5. The molecule has 22 heavy (non-hydrogen) atoms. The Morgan fingerprint density at radius 1 is 0.818 bits per heavy atom. The van der Waals surface area contributed by atoms with Crippen LogP contribution in [-0.2, 0) is 19.3 Å². The van der Waals surface area contributed by atoms with E-state index >= 15 is 0 Å². The molecule has 0 radical (unpaired) electrons. The summed E-state index contributed by atoms with van der Waals surface area (Å²) in [6.07, 6.45) is 2.89. The molecule has 2 heterocycles. The minimum absolute atomic E-state index is 0.119. The second-order valence-electron chi connectivity index (χ2n) is 5.66. The molecule has 2 aliphatic rings. The van der Waals surface area contributed by atoms with Gasteiger partial charge in [-0.15, -0.1) is 10.1 Å². The van der Waals surface area contributed by atoms with Crippen molar-refractivity contribution in [1.82, 2.24) is 10.1 Å². The smallest absolute Gasteiger partial charge is 0.325 e. The molecule has 2 saturated heterocycles. The van der Waals surface area contributed by atoms with Crippen LogP contribution in [0.1, 0.15) is 51.4 Å². The zero-order valence-electron chi connectivity index (χ0n) is 12.6. The minimum Gasteiger partial charge on any atom is -0.375 e. The highest BCUT2D eigenvalue weighted by atomic mass is 16.7. The lowest BCUT2D eigenvalue weighted by atomic mass is 10.1. The van der Waals surface area contributed by atoms with Crippen LogP contribution in [0.4, 0.5) is 0 Å². The summed E-state index contributed by atoms with van der Waals surface area (Å²) in [6.45, 7) is 0.995. The molecule has 0 amide bonds. The molecular formula is C14H24N2O6. The molecule has 2 fully saturated rings. The van der Waals surface area contributed by atoms with Gasteiger partial charge < -0.3 is 19.9 Å². The Morgan fingerprint density at radius 2 is 1.23 bits per heavy atom. The molecule has 0 aromatic heterocycles. The highest BCUT2D eigenvalue weighted by Gasteiger charge is 2.26. The normalized spacial score (nSPS) is 27.4. The highest BCUT2D eigenvalue weighted by Crippen LogP contribution is 2.17. The summed E-state index contributed by atoms with van der Waals surface area (Å²) < 4.78 is 0. The summed E-state index contributed by atoms with van der Waals surface area (Å²) in [5.74, 6) is -1.14. The molecule has 2 N–H and O–H groups in total. The second-order valence-corrected chi connectivity index (χ2v) is 5.66. The number of nitrogens with zero attached hydrogens (tertiary/aromatic N) is 2. The zero-order chi connectivity index (χ0) is 15.9. The van der Waals surface area contributed by atoms with E-state index < -0.39 is 24.4 Å². The fraction of sp³-hybridized carbons (Fsp3) is 0.857. The van der Waals surface area contributed by atoms with Crippen LogP contribution in [0.15, 0.2) is 0 Å². The quantitative estimate of drug-likeness (QED) is 0.747. The van der Waals surface area contributed by atoms with E-state index in [9.17, 15) is 19.8 Å². The lowest BCUT2D eigenvalue weighted by Gasteiger charge is -2.30. The fourth-order valence-corrected chi connectivity index (χ4v) is 2.55. The van der Waals surface area contributed by atoms with Crippen LogP contribution in [0, 0.1) is 0 Å². The van der Waals surface area contributed by atoms with E-state index in [0.717, 1.165) is 25.7 Å². The molecule has 2 unspecified atom stereocenters. The average molecular weight is 316 g/mol. The first-order chi connectivity index (χ1) is 10.6. The maximum atomic E-state index is 11.7. The maximum Gasteiger partial charge on any atom is 0.325 e. The standard InChI is InChI=1S/C14H24N2O6/c17-11-5-1-3-9-15(11)21-13(19)7-8-14(20)22-16-10-4-2-6-12(16)18/h11-12,17-18H,1-10H2. The molecule has 2 atom stereocenters. The molecule has 2 rings (SSSR count). The topological polar surface area (TPSA) is 99.5 Å². The third-order valence-corrected chi connectivity index (χ3v) is 3.82. The number of hydrogen-bond donors (Lipinski definition) is 2. The summed E-state index contributed by atoms with van der Waals surface area (Å²) in [6, 6.07) is 0. The van der Waals surface area contributed by atoms with E-state index in [2.05, 4.69) is 0 Å². The predicted molar refractivity (Wildman–Crippen MR) is 74.5 cm³/mol. The fourth-order valence-electron chi connectivity index (χ4n) is 2.55. The van der Waals surface area contributed by atoms with E-state index in [-0.39, 0.29) is 12.8 Å². The van der Waals surface area contributed by atoms with Crippen LogP contribution in [0.5, 0.6) is 0 Å². The van der Waals surface area contributed by atoms with Gasteiger partial charge in [0.2, 0.25) is 0 Å². The minimum atomic E-state index is -0.770. The van der Waals surface area contributed by atoms with Gasteiger partial charge in [-0.3, -0.25) is 9.59 Å². The Labute approximate surface area is 129 Å². The van der Waals surface area contributed by atoms with Crippen molar-refractivity contribution in [3.63, 3.8) is 0 Å². The number of aliphatic hydroxyl groups is 2. The number of carbonyl (C=O) groups is 2. The number of aliphatic hydroxyl groups excluding tert-OH is 2. The molecule has 8 heteroatoms. The summed E-state index contributed by atoms with van der Waals surface area (Å²) in [5, 5.41) is 21.8. The number of hydroxylamine groups is 4. The molecular weight excluding hydrogens is 292 g/mol. The van der Waals surface area contributed by atoms with Crippen molar-refractivity contribution in [3.8, 4) is 0 Å². The Morgan fingerprint density at radius 3 is 1.59 bits per heavy atom. The van der Waals surface area contributed by atoms with E-state index in [1.165, 1.54) is 10.1 Å². The van der Waals surface area contributed by atoms with E-state index in [0.29, 0.717) is 25.9 Å². The third-order valence-electron chi connectivity index (χ3n) is 3.82. The number of piperidine rings is 2. The maximum absolute atomic E-state index is 11.7. The zero-order valence-corrected chi connectivity index (χ0v) is 12.6. The van der Waals surface area contributed by atoms with E-state index in [1.807, 2.05) is 0 Å². The van der Waals surface area contributed by atoms with Crippen LogP contribution >= 0.6 is 0 Å². The molecule has 2 aliphatic heterocycles. The SMILES string of the molecule is O=C(CCC(=O)ON1CCCCC1O)ON1CCCCC1O. The summed E-state index contributed by atoms with van der Waals surface area (Å²) >= 11 is 0. The molecule has 0 aromatic carbocycles. The van der Waals surface area contributed by atoms with Gasteiger partial charge in [-0.1, -0.05) is 0 Å². The van der Waals surface area contributed by atoms with Crippen LogP contribution < -0.4 is 0 Å². The van der Waals surface area contributed by atoms with Crippen LogP contribution in [0.25, 0.3) is 0 Å². The molecule has 0 aromatic rings. The molecule has 0 spiro atoms. The lowest BCUT2D eigenvalue weighted by Crippen LogP contribution is -2.41. The van der Waals surface area contributed by atoms with E-state index in [1.54, 1.807) is 0 Å². The summed E-state index contributed by atoms with van der Waals surface area (Å²) in [5.41, 5.74) is 0. The van der Waals surface area contributed by atoms with Crippen molar-refractivity contribution in [2.75, 3.05) is 13.1 Å². The van der Waals surface area contributed by atoms with Crippen molar-refractivity contribution in [1.29, 1.82) is 0 Å². The Kier molecular flexibility index (Phi) is 6.56. The van der Waals surface area contributed by atoms with Gasteiger partial charge in [0, 0.05) is 13.1 Å². The molecule has 0 bridgehead atoms. The van der Waals surface area contributed by atoms with Crippen LogP contribution in [0.3, 0.4) is 0 Å². The van der Waals surface area contributed by atoms with Crippen molar-refractivity contribution < 1.29 is 29.5 Å². The summed E-state index contributed by atoms with van der Waals surface area (Å²) in [4.78, 5) is 33.4. The third kappa shape index (κ3) is 5.20. The van der Waals surface area contributed by atoms with Crippen molar-refractivity contribution in [2.45, 2.75) is 63.8 Å². The predicted octanol–water partition coefficient (Wildman–Crippen LogP) is 0.292. The van der Waals surface area contributed by atoms with Gasteiger partial charge in [0.1, 0.15) is 12.5 Å². The van der Waals surface area contributed by atoms with Crippen molar-refractivity contribution in [2.24, 2.45) is 0 Å². The Hall–Kier alpha value is -1.22. The van der Waals surface area contributed by atoms with Crippen molar-refractivity contribution >= 4 is 11.9 Å². The summed E-state index contributed by atoms with van der Waals surface area (Å²) in [7, 11) is 0. The highest BCUT2D eigenvalue weighted by molar-refractivity contribution is 5.77. The monoisotopic (exact) mass is 316 g/mol. The molecule has 0 aliphatic carbocycles. The lowest BCUT2D eigenvalue weighted by molar-refractivity contribution is -0.247.